The van der Waals surface area contributed by atoms with Gasteiger partial charge in [-0.3, -0.25) is 0 Å². The van der Waals surface area contributed by atoms with Crippen molar-refractivity contribution in [3.8, 4) is 11.1 Å². The first-order valence-electron chi connectivity index (χ1n) is 13.1. The number of hydrogen-bond acceptors (Lipinski definition) is 4. The van der Waals surface area contributed by atoms with Gasteiger partial charge in [0, 0.05) is 51.9 Å². The molecule has 2 heterocycles. The number of likely N-dealkylation sites (tertiary alicyclic amines) is 2. The first kappa shape index (κ1) is 25.7. The van der Waals surface area contributed by atoms with E-state index in [-0.39, 0.29) is 18.0 Å². The molecular weight excluding hydrogens is 438 g/mol. The minimum absolute atomic E-state index is 0.0378. The minimum atomic E-state index is -1.03. The summed E-state index contributed by atoms with van der Waals surface area (Å²) < 4.78 is 5.28. The number of ether oxygens (including phenoxy) is 1. The van der Waals surface area contributed by atoms with Gasteiger partial charge in [0.05, 0.1) is 5.60 Å². The molecule has 2 amide bonds. The molecule has 3 atom stereocenters. The normalized spacial score (nSPS) is 22.3. The van der Waals surface area contributed by atoms with Crippen molar-refractivity contribution in [3.05, 3.63) is 59.7 Å². The third-order valence-corrected chi connectivity index (χ3v) is 7.85. The molecular formula is C29H41N3O3. The summed E-state index contributed by atoms with van der Waals surface area (Å²) in [5.41, 5.74) is 9.41. The number of aryl methyl sites for hydroxylation is 1. The van der Waals surface area contributed by atoms with Gasteiger partial charge in [-0.15, -0.1) is 0 Å². The number of carbonyl (C=O) groups excluding carboxylic acids is 1. The van der Waals surface area contributed by atoms with Crippen LogP contribution in [-0.2, 0) is 10.3 Å². The lowest BCUT2D eigenvalue weighted by Gasteiger charge is -2.44. The van der Waals surface area contributed by atoms with Crippen LogP contribution in [0.5, 0.6) is 0 Å². The van der Waals surface area contributed by atoms with Gasteiger partial charge >= 0.3 is 6.03 Å². The van der Waals surface area contributed by atoms with E-state index in [1.165, 1.54) is 5.56 Å². The maximum absolute atomic E-state index is 13.3. The highest BCUT2D eigenvalue weighted by Gasteiger charge is 2.43. The van der Waals surface area contributed by atoms with Gasteiger partial charge in [0.15, 0.2) is 0 Å². The minimum Gasteiger partial charge on any atom is -0.385 e. The molecule has 2 aromatic carbocycles. The second-order valence-electron chi connectivity index (χ2n) is 10.3. The summed E-state index contributed by atoms with van der Waals surface area (Å²) in [6.45, 7) is 5.44. The quantitative estimate of drug-likeness (QED) is 0.545. The summed E-state index contributed by atoms with van der Waals surface area (Å²) in [5, 5.41) is 12.5. The number of urea groups is 1. The van der Waals surface area contributed by atoms with Gasteiger partial charge in [0.1, 0.15) is 0 Å². The van der Waals surface area contributed by atoms with Crippen LogP contribution in [0.1, 0.15) is 49.7 Å². The van der Waals surface area contributed by atoms with Crippen molar-refractivity contribution in [1.82, 2.24) is 9.80 Å². The second kappa shape index (κ2) is 11.5. The number of methoxy groups -OCH3 is 1. The summed E-state index contributed by atoms with van der Waals surface area (Å²) in [4.78, 5) is 17.1. The van der Waals surface area contributed by atoms with E-state index >= 15 is 0 Å². The Balaban J connectivity index is 1.65. The lowest BCUT2D eigenvalue weighted by atomic mass is 9.72. The van der Waals surface area contributed by atoms with Crippen LogP contribution in [0, 0.1) is 12.8 Å². The average Bonchev–Trinajstić information content (AvgIpc) is 3.32. The van der Waals surface area contributed by atoms with Crippen molar-refractivity contribution in [2.75, 3.05) is 39.9 Å². The molecule has 3 N–H and O–H groups in total. The molecule has 6 heteroatoms. The Labute approximate surface area is 210 Å². The van der Waals surface area contributed by atoms with Crippen LogP contribution in [0.3, 0.4) is 0 Å². The monoisotopic (exact) mass is 479 g/mol. The van der Waals surface area contributed by atoms with Crippen molar-refractivity contribution in [3.63, 3.8) is 0 Å². The fourth-order valence-electron chi connectivity index (χ4n) is 5.87. The Morgan fingerprint density at radius 1 is 1.03 bits per heavy atom. The number of unbranched alkanes of at least 4 members (excludes halogenated alkanes) is 1. The zero-order valence-corrected chi connectivity index (χ0v) is 21.3. The number of nitrogens with two attached hydrogens (primary N) is 1. The third kappa shape index (κ3) is 5.71. The fourth-order valence-corrected chi connectivity index (χ4v) is 5.87. The van der Waals surface area contributed by atoms with Gasteiger partial charge in [-0.2, -0.15) is 0 Å². The lowest BCUT2D eigenvalue weighted by Crippen LogP contribution is -2.51. The van der Waals surface area contributed by atoms with E-state index in [9.17, 15) is 9.90 Å². The topological polar surface area (TPSA) is 79.0 Å². The molecule has 2 aromatic rings. The molecule has 0 spiro atoms. The fraction of sp³-hybridized carbons (Fsp3) is 0.552. The summed E-state index contributed by atoms with van der Waals surface area (Å²) >= 11 is 0. The molecule has 2 aliphatic rings. The third-order valence-electron chi connectivity index (χ3n) is 7.85. The number of nitrogens with zero attached hydrogens (tertiary/aromatic N) is 2. The number of rotatable bonds is 8. The smallest absolute Gasteiger partial charge is 0.320 e. The first-order valence-corrected chi connectivity index (χ1v) is 13.1. The van der Waals surface area contributed by atoms with Gasteiger partial charge in [-0.25, -0.2) is 4.79 Å². The zero-order chi connectivity index (χ0) is 24.8. The molecule has 0 bridgehead atoms. The van der Waals surface area contributed by atoms with Crippen molar-refractivity contribution in [2.45, 2.75) is 57.1 Å². The molecule has 6 nitrogen and oxygen atoms in total. The second-order valence-corrected chi connectivity index (χ2v) is 10.3. The van der Waals surface area contributed by atoms with E-state index in [4.69, 9.17) is 10.5 Å². The Morgan fingerprint density at radius 3 is 2.46 bits per heavy atom. The predicted molar refractivity (Wildman–Crippen MR) is 140 cm³/mol. The van der Waals surface area contributed by atoms with Crippen molar-refractivity contribution >= 4 is 6.03 Å². The molecule has 35 heavy (non-hydrogen) atoms. The van der Waals surface area contributed by atoms with E-state index in [2.05, 4.69) is 37.3 Å². The van der Waals surface area contributed by atoms with Gasteiger partial charge in [0.25, 0.3) is 0 Å². The highest BCUT2D eigenvalue weighted by Crippen LogP contribution is 2.44. The van der Waals surface area contributed by atoms with Gasteiger partial charge in [0.2, 0.25) is 0 Å². The number of carbonyl (C=O) groups is 1. The molecule has 0 aliphatic carbocycles. The molecule has 4 rings (SSSR count). The Bertz CT molecular complexity index is 997. The number of aliphatic hydroxyl groups is 1. The highest BCUT2D eigenvalue weighted by atomic mass is 16.5. The molecule has 0 saturated carbocycles. The van der Waals surface area contributed by atoms with E-state index < -0.39 is 5.60 Å². The summed E-state index contributed by atoms with van der Waals surface area (Å²) in [6.07, 6.45) is 5.04. The number of hydrogen-bond donors (Lipinski definition) is 2. The highest BCUT2D eigenvalue weighted by molar-refractivity contribution is 5.75. The summed E-state index contributed by atoms with van der Waals surface area (Å²) in [6, 6.07) is 16.8. The summed E-state index contributed by atoms with van der Waals surface area (Å²) in [5.74, 6) is -0.0378. The van der Waals surface area contributed by atoms with Gasteiger partial charge < -0.3 is 25.4 Å². The van der Waals surface area contributed by atoms with E-state index in [0.29, 0.717) is 26.1 Å². The maximum atomic E-state index is 13.3. The molecule has 0 radical (unpaired) electrons. The standard InChI is InChI=1S/C29H41N3O3/c1-22-10-3-4-12-25(22)26-13-5-6-14-27(26)29(34,16-7-8-19-35-2)23-11-9-17-31(20-23)28(33)32-18-15-24(30)21-32/h3-6,10,12-14,23-24,34H,7-9,11,15-21,30H2,1-2H3. The Morgan fingerprint density at radius 2 is 1.74 bits per heavy atom. The van der Waals surface area contributed by atoms with Crippen LogP contribution < -0.4 is 5.73 Å². The number of piperidine rings is 1. The first-order chi connectivity index (χ1) is 16.9. The van der Waals surface area contributed by atoms with Crippen LogP contribution in [0.15, 0.2) is 48.5 Å². The van der Waals surface area contributed by atoms with Crippen LogP contribution in [0.25, 0.3) is 11.1 Å². The molecule has 0 aromatic heterocycles. The van der Waals surface area contributed by atoms with Crippen LogP contribution in [0.4, 0.5) is 4.79 Å². The molecule has 2 saturated heterocycles. The average molecular weight is 480 g/mol. The van der Waals surface area contributed by atoms with E-state index in [1.54, 1.807) is 7.11 Å². The SMILES string of the molecule is COCCCCC(O)(c1ccccc1-c1ccccc1C)C1CCCN(C(=O)N2CCC(N)C2)C1. The van der Waals surface area contributed by atoms with E-state index in [1.807, 2.05) is 28.0 Å². The van der Waals surface area contributed by atoms with Gasteiger partial charge in [-0.05, 0) is 67.7 Å². The van der Waals surface area contributed by atoms with Gasteiger partial charge in [-0.1, -0.05) is 48.5 Å². The molecule has 190 valence electrons. The molecule has 2 aliphatic heterocycles. The van der Waals surface area contributed by atoms with Crippen LogP contribution in [0.2, 0.25) is 0 Å². The Hall–Kier alpha value is -2.41. The molecule has 2 fully saturated rings. The van der Waals surface area contributed by atoms with Crippen LogP contribution in [-0.4, -0.2) is 66.9 Å². The number of amides is 2. The Kier molecular flexibility index (Phi) is 8.47. The number of benzene rings is 2. The predicted octanol–water partition coefficient (Wildman–Crippen LogP) is 4.53. The maximum Gasteiger partial charge on any atom is 0.320 e. The van der Waals surface area contributed by atoms with Crippen molar-refractivity contribution in [1.29, 1.82) is 0 Å². The van der Waals surface area contributed by atoms with Crippen molar-refractivity contribution in [2.24, 2.45) is 11.7 Å². The largest absolute Gasteiger partial charge is 0.385 e. The van der Waals surface area contributed by atoms with Crippen LogP contribution >= 0.6 is 0 Å². The zero-order valence-electron chi connectivity index (χ0n) is 21.3. The molecule has 3 unspecified atom stereocenters. The van der Waals surface area contributed by atoms with Crippen molar-refractivity contribution < 1.29 is 14.6 Å². The lowest BCUT2D eigenvalue weighted by molar-refractivity contribution is -0.0571. The van der Waals surface area contributed by atoms with E-state index in [0.717, 1.165) is 61.9 Å². The summed E-state index contributed by atoms with van der Waals surface area (Å²) in [7, 11) is 1.72.